The molecule has 0 fully saturated rings. The smallest absolute Gasteiger partial charge is 0.870 e. The fourth-order valence-corrected chi connectivity index (χ4v) is 8.39. The minimum absolute atomic E-state index is 0. The first-order chi connectivity index (χ1) is 25.0. The first-order valence-electron chi connectivity index (χ1n) is 16.6. The number of aliphatic carboxylic acids is 1. The van der Waals surface area contributed by atoms with Crippen LogP contribution in [-0.2, 0) is 47.5 Å². The molecule has 0 heterocycles. The number of hydrogen-bond acceptors (Lipinski definition) is 9. The monoisotopic (exact) mass is 936 g/mol. The molecule has 0 radical (unpaired) electrons. The molecule has 12 nitrogen and oxygen atoms in total. The second-order valence-corrected chi connectivity index (χ2v) is 17.3. The van der Waals surface area contributed by atoms with Crippen LogP contribution in [0.2, 0.25) is 0 Å². The van der Waals surface area contributed by atoms with E-state index in [-0.39, 0.29) is 97.1 Å². The van der Waals surface area contributed by atoms with Gasteiger partial charge in [-0.2, -0.15) is 8.61 Å². The van der Waals surface area contributed by atoms with Crippen molar-refractivity contribution in [2.24, 2.45) is 0 Å². The molecular formula is C38H47Br2N2NaO10S2. The predicted octanol–water partition coefficient (Wildman–Crippen LogP) is 4.15. The first-order valence-corrected chi connectivity index (χ1v) is 21.1. The Balaban J connectivity index is 0.000000959. The molecule has 296 valence electrons. The third-order valence-corrected chi connectivity index (χ3v) is 12.0. The summed E-state index contributed by atoms with van der Waals surface area (Å²) in [5.74, 6) is -1.45. The average molecular weight is 939 g/mol. The molecule has 0 spiro atoms. The molecule has 4 rings (SSSR count). The van der Waals surface area contributed by atoms with Gasteiger partial charge in [-0.3, -0.25) is 9.59 Å². The van der Waals surface area contributed by atoms with E-state index in [0.717, 1.165) is 31.2 Å². The Hall–Kier alpha value is -2.48. The second-order valence-electron chi connectivity index (χ2n) is 11.6. The summed E-state index contributed by atoms with van der Waals surface area (Å²) in [5.41, 5.74) is 3.55. The number of aliphatic hydroxyl groups is 1. The Bertz CT molecular complexity index is 1990. The number of rotatable bonds is 15. The van der Waals surface area contributed by atoms with E-state index in [9.17, 15) is 26.4 Å². The average Bonchev–Trinajstić information content (AvgIpc) is 3.09. The number of hydrogen-bond donors (Lipinski definition) is 2. The summed E-state index contributed by atoms with van der Waals surface area (Å²) < 4.78 is 61.0. The van der Waals surface area contributed by atoms with E-state index in [0.29, 0.717) is 0 Å². The zero-order valence-electron chi connectivity index (χ0n) is 31.6. The van der Waals surface area contributed by atoms with Crippen LogP contribution in [0.1, 0.15) is 48.9 Å². The molecule has 0 atom stereocenters. The Kier molecular flexibility index (Phi) is 25.2. The van der Waals surface area contributed by atoms with Crippen molar-refractivity contribution in [3.63, 3.8) is 0 Å². The molecule has 4 aromatic carbocycles. The van der Waals surface area contributed by atoms with Crippen molar-refractivity contribution in [3.8, 4) is 0 Å². The van der Waals surface area contributed by atoms with E-state index in [2.05, 4.69) is 31.9 Å². The summed E-state index contributed by atoms with van der Waals surface area (Å²) in [7, 11) is -7.50. The number of sulfonamides is 2. The van der Waals surface area contributed by atoms with Crippen LogP contribution in [0, 0.1) is 13.8 Å². The normalized spacial score (nSPS) is 10.9. The van der Waals surface area contributed by atoms with Crippen LogP contribution in [0.4, 0.5) is 0 Å². The standard InChI is InChI=1S/C19H22BrNO4S.C17H18BrNO4S.C2H6O.Na.H2O/c1-3-25-19(22)11-12-21(14-16-5-4-6-17(20)13-16)26(23,24)18-9-7-15(2)8-10-18;1-13-5-7-16(8-6-13)24(22,23)19(10-9-17(20)21)12-14-3-2-4-15(18)11-14;1-2-3;;/h4-10,13H,3,11-12,14H2,1-2H3;2-8,11H,9-10,12H2,1H3,(H,20,21);3H,2H2,1H3;;1H2/q;;;+1;/p-1. The number of esters is 1. The van der Waals surface area contributed by atoms with Gasteiger partial charge in [0, 0.05) is 41.7 Å². The van der Waals surface area contributed by atoms with Crippen molar-refractivity contribution in [1.82, 2.24) is 8.61 Å². The molecule has 0 unspecified atom stereocenters. The number of carboxylic acids is 1. The zero-order chi connectivity index (χ0) is 39.6. The molecule has 0 aromatic heterocycles. The molecule has 3 N–H and O–H groups in total. The maximum atomic E-state index is 13.1. The Morgan fingerprint density at radius 1 is 0.673 bits per heavy atom. The van der Waals surface area contributed by atoms with Gasteiger partial charge in [0.15, 0.2) is 0 Å². The van der Waals surface area contributed by atoms with Crippen molar-refractivity contribution >= 4 is 63.8 Å². The summed E-state index contributed by atoms with van der Waals surface area (Å²) in [4.78, 5) is 23.0. The largest absolute Gasteiger partial charge is 1.00 e. The van der Waals surface area contributed by atoms with Crippen molar-refractivity contribution in [3.05, 3.63) is 128 Å². The number of halogens is 2. The van der Waals surface area contributed by atoms with Gasteiger partial charge in [0.2, 0.25) is 20.0 Å². The van der Waals surface area contributed by atoms with Gasteiger partial charge in [0.05, 0.1) is 29.2 Å². The number of nitrogens with zero attached hydrogens (tertiary/aromatic N) is 2. The van der Waals surface area contributed by atoms with E-state index in [1.807, 2.05) is 62.4 Å². The van der Waals surface area contributed by atoms with Gasteiger partial charge >= 0.3 is 41.5 Å². The summed E-state index contributed by atoms with van der Waals surface area (Å²) >= 11 is 6.75. The Labute approximate surface area is 363 Å². The van der Waals surface area contributed by atoms with E-state index in [4.69, 9.17) is 14.9 Å². The van der Waals surface area contributed by atoms with Crippen molar-refractivity contribution in [1.29, 1.82) is 0 Å². The Morgan fingerprint density at radius 3 is 1.36 bits per heavy atom. The molecule has 0 aliphatic rings. The van der Waals surface area contributed by atoms with E-state index >= 15 is 0 Å². The maximum absolute atomic E-state index is 13.1. The summed E-state index contributed by atoms with van der Waals surface area (Å²) in [5, 5.41) is 16.5. The molecule has 17 heteroatoms. The predicted molar refractivity (Wildman–Crippen MR) is 214 cm³/mol. The minimum Gasteiger partial charge on any atom is -0.870 e. The molecule has 0 bridgehead atoms. The van der Waals surface area contributed by atoms with Gasteiger partial charge in [-0.25, -0.2) is 16.8 Å². The van der Waals surface area contributed by atoms with Crippen LogP contribution in [0.3, 0.4) is 0 Å². The molecule has 0 aliphatic carbocycles. The molecular weight excluding hydrogens is 891 g/mol. The minimum atomic E-state index is -3.77. The molecule has 4 aromatic rings. The molecule has 0 amide bonds. The maximum Gasteiger partial charge on any atom is 1.00 e. The van der Waals surface area contributed by atoms with Gasteiger partial charge in [-0.05, 0) is 87.4 Å². The van der Waals surface area contributed by atoms with Crippen LogP contribution >= 0.6 is 31.9 Å². The third kappa shape index (κ3) is 18.6. The SMILES string of the molecule is CCO.CCOC(=O)CCN(Cc1cccc(Br)c1)S(=O)(=O)c1ccc(C)cc1.Cc1ccc(S(=O)(=O)N(CCC(=O)O)Cc2cccc(Br)c2)cc1.[Na+].[OH-]. The topological polar surface area (TPSA) is 189 Å². The van der Waals surface area contributed by atoms with E-state index in [1.165, 1.54) is 8.61 Å². The van der Waals surface area contributed by atoms with E-state index in [1.54, 1.807) is 62.4 Å². The van der Waals surface area contributed by atoms with Gasteiger partial charge in [0.25, 0.3) is 0 Å². The summed E-state index contributed by atoms with van der Waals surface area (Å²) in [6, 6.07) is 27.9. The van der Waals surface area contributed by atoms with Crippen LogP contribution in [0.15, 0.2) is 116 Å². The van der Waals surface area contributed by atoms with Crippen LogP contribution in [-0.4, -0.2) is 79.4 Å². The van der Waals surface area contributed by atoms with Crippen LogP contribution in [0.25, 0.3) is 0 Å². The number of ether oxygens (including phenoxy) is 1. The number of benzene rings is 4. The van der Waals surface area contributed by atoms with Crippen molar-refractivity contribution < 1.29 is 76.4 Å². The number of carboxylic acid groups (broad SMARTS) is 1. The number of aryl methyl sites for hydroxylation is 2. The van der Waals surface area contributed by atoms with Gasteiger partial charge in [-0.15, -0.1) is 0 Å². The number of carbonyl (C=O) groups excluding carboxylic acids is 1. The van der Waals surface area contributed by atoms with Gasteiger partial charge in [-0.1, -0.05) is 91.5 Å². The number of aliphatic hydroxyl groups excluding tert-OH is 1. The summed E-state index contributed by atoms with van der Waals surface area (Å²) in [6.07, 6.45) is -0.244. The van der Waals surface area contributed by atoms with Crippen molar-refractivity contribution in [2.75, 3.05) is 26.3 Å². The number of carbonyl (C=O) groups is 2. The quantitative estimate of drug-likeness (QED) is 0.130. The molecule has 0 aliphatic heterocycles. The fraction of sp³-hybridized carbons (Fsp3) is 0.316. The van der Waals surface area contributed by atoms with Crippen molar-refractivity contribution in [2.45, 2.75) is 63.4 Å². The molecule has 55 heavy (non-hydrogen) atoms. The van der Waals surface area contributed by atoms with Crippen LogP contribution in [0.5, 0.6) is 0 Å². The first kappa shape index (κ1) is 52.5. The summed E-state index contributed by atoms with van der Waals surface area (Å²) in [6.45, 7) is 7.96. The zero-order valence-corrected chi connectivity index (χ0v) is 38.4. The van der Waals surface area contributed by atoms with E-state index < -0.39 is 32.0 Å². The fourth-order valence-electron chi connectivity index (χ4n) is 4.63. The van der Waals surface area contributed by atoms with Crippen LogP contribution < -0.4 is 29.6 Å². The van der Waals surface area contributed by atoms with Gasteiger partial charge in [0.1, 0.15) is 0 Å². The molecule has 0 saturated heterocycles. The van der Waals surface area contributed by atoms with Gasteiger partial charge < -0.3 is 20.4 Å². The second kappa shape index (κ2) is 26.4. The third-order valence-electron chi connectivity index (χ3n) is 7.26. The Morgan fingerprint density at radius 2 is 1.04 bits per heavy atom. The molecule has 0 saturated carbocycles.